The lowest BCUT2D eigenvalue weighted by atomic mass is 10.1. The highest BCUT2D eigenvalue weighted by molar-refractivity contribution is 6.25. The maximum absolute atomic E-state index is 13.9. The van der Waals surface area contributed by atoms with Crippen LogP contribution in [-0.2, 0) is 16.1 Å². The highest BCUT2D eigenvalue weighted by Gasteiger charge is 2.54. The van der Waals surface area contributed by atoms with E-state index in [1.165, 1.54) is 11.1 Å². The minimum absolute atomic E-state index is 0.0814. The topological polar surface area (TPSA) is 65.3 Å². The van der Waals surface area contributed by atoms with E-state index < -0.39 is 18.0 Å². The number of hydrogen-bond donors (Lipinski definition) is 0. The number of fused-ring (bicyclic) bond motifs is 1. The summed E-state index contributed by atoms with van der Waals surface area (Å²) in [6, 6.07) is 11.7. The zero-order chi connectivity index (χ0) is 17.6. The average Bonchev–Trinajstić information content (AvgIpc) is 3.12. The van der Waals surface area contributed by atoms with Gasteiger partial charge in [-0.1, -0.05) is 41.1 Å². The molecule has 0 radical (unpaired) electrons. The van der Waals surface area contributed by atoms with Crippen LogP contribution < -0.4 is 4.90 Å². The van der Waals surface area contributed by atoms with Crippen molar-refractivity contribution in [2.24, 2.45) is 10.3 Å². The number of hydrogen-bond acceptors (Lipinski definition) is 5. The van der Waals surface area contributed by atoms with Crippen molar-refractivity contribution in [2.75, 3.05) is 4.90 Å². The molecule has 0 aromatic heterocycles. The summed E-state index contributed by atoms with van der Waals surface area (Å²) in [7, 11) is 0. The van der Waals surface area contributed by atoms with Crippen molar-refractivity contribution in [1.29, 1.82) is 0 Å². The molecule has 0 aliphatic carbocycles. The second-order valence-electron chi connectivity index (χ2n) is 6.13. The third kappa shape index (κ3) is 2.48. The van der Waals surface area contributed by atoms with Crippen LogP contribution in [0, 0.1) is 12.7 Å². The lowest BCUT2D eigenvalue weighted by molar-refractivity contribution is -0.123. The normalized spacial score (nSPS) is 22.0. The van der Waals surface area contributed by atoms with Crippen molar-refractivity contribution < 1.29 is 14.0 Å². The van der Waals surface area contributed by atoms with Gasteiger partial charge >= 0.3 is 0 Å². The van der Waals surface area contributed by atoms with Gasteiger partial charge in [0.05, 0.1) is 12.2 Å². The molecule has 2 aromatic carbocycles. The van der Waals surface area contributed by atoms with E-state index in [-0.39, 0.29) is 18.3 Å². The molecule has 25 heavy (non-hydrogen) atoms. The fourth-order valence-corrected chi connectivity index (χ4v) is 3.10. The van der Waals surface area contributed by atoms with Crippen LogP contribution in [0.25, 0.3) is 0 Å². The minimum atomic E-state index is -0.874. The predicted octanol–water partition coefficient (Wildman–Crippen LogP) is 2.63. The van der Waals surface area contributed by atoms with Crippen molar-refractivity contribution in [2.45, 2.75) is 25.6 Å². The van der Waals surface area contributed by atoms with Crippen LogP contribution in [0.15, 0.2) is 58.9 Å². The number of nitrogens with zero attached hydrogens (tertiary/aromatic N) is 4. The van der Waals surface area contributed by atoms with Gasteiger partial charge in [0.15, 0.2) is 12.1 Å². The van der Waals surface area contributed by atoms with Crippen LogP contribution in [0.2, 0.25) is 0 Å². The SMILES string of the molecule is Cc1ccc(N2C(=O)[C@@H]3N=NN(Cc4ccccc4F)[C@H]3C2=O)cc1. The lowest BCUT2D eigenvalue weighted by Crippen LogP contribution is -2.39. The number of amides is 2. The first-order valence-electron chi connectivity index (χ1n) is 7.91. The monoisotopic (exact) mass is 338 g/mol. The van der Waals surface area contributed by atoms with Crippen molar-refractivity contribution in [3.63, 3.8) is 0 Å². The second kappa shape index (κ2) is 5.77. The Morgan fingerprint density at radius 3 is 2.48 bits per heavy atom. The van der Waals surface area contributed by atoms with E-state index in [9.17, 15) is 14.0 Å². The molecule has 2 heterocycles. The molecule has 2 aliphatic rings. The number of anilines is 1. The third-order valence-electron chi connectivity index (χ3n) is 4.44. The van der Waals surface area contributed by atoms with Gasteiger partial charge in [0.25, 0.3) is 11.8 Å². The molecule has 0 N–H and O–H groups in total. The summed E-state index contributed by atoms with van der Waals surface area (Å²) in [4.78, 5) is 26.6. The molecule has 0 unspecified atom stereocenters. The molecule has 2 aliphatic heterocycles. The van der Waals surface area contributed by atoms with Crippen molar-refractivity contribution in [3.05, 3.63) is 65.5 Å². The van der Waals surface area contributed by atoms with Gasteiger partial charge in [-0.25, -0.2) is 9.29 Å². The number of benzene rings is 2. The van der Waals surface area contributed by atoms with E-state index in [0.717, 1.165) is 10.5 Å². The Morgan fingerprint density at radius 1 is 1.04 bits per heavy atom. The summed E-state index contributed by atoms with van der Waals surface area (Å²) in [6.07, 6.45) is 0. The number of carbonyl (C=O) groups excluding carboxylic acids is 2. The van der Waals surface area contributed by atoms with E-state index in [1.807, 2.05) is 19.1 Å². The maximum Gasteiger partial charge on any atom is 0.263 e. The van der Waals surface area contributed by atoms with Crippen LogP contribution >= 0.6 is 0 Å². The molecule has 7 heteroatoms. The number of aryl methyl sites for hydroxylation is 1. The van der Waals surface area contributed by atoms with E-state index in [1.54, 1.807) is 30.3 Å². The van der Waals surface area contributed by atoms with E-state index in [2.05, 4.69) is 10.3 Å². The summed E-state index contributed by atoms with van der Waals surface area (Å²) in [5, 5.41) is 9.26. The minimum Gasteiger partial charge on any atom is -0.271 e. The first-order valence-corrected chi connectivity index (χ1v) is 7.91. The van der Waals surface area contributed by atoms with Gasteiger partial charge in [0, 0.05) is 5.56 Å². The Kier molecular flexibility index (Phi) is 3.56. The van der Waals surface area contributed by atoms with Crippen molar-refractivity contribution >= 4 is 17.5 Å². The Balaban J connectivity index is 1.62. The summed E-state index contributed by atoms with van der Waals surface area (Å²) >= 11 is 0. The quantitative estimate of drug-likeness (QED) is 0.808. The molecule has 126 valence electrons. The maximum atomic E-state index is 13.9. The zero-order valence-electron chi connectivity index (χ0n) is 13.5. The van der Waals surface area contributed by atoms with Gasteiger partial charge in [0.1, 0.15) is 5.82 Å². The van der Waals surface area contributed by atoms with Gasteiger partial charge in [-0.3, -0.25) is 14.6 Å². The fourth-order valence-electron chi connectivity index (χ4n) is 3.10. The van der Waals surface area contributed by atoms with Gasteiger partial charge in [-0.05, 0) is 25.1 Å². The summed E-state index contributed by atoms with van der Waals surface area (Å²) in [5.74, 6) is -1.17. The third-order valence-corrected chi connectivity index (χ3v) is 4.44. The standard InChI is InChI=1S/C18H15FN4O2/c1-11-6-8-13(9-7-11)23-17(24)15-16(18(23)25)22(21-20-15)10-12-4-2-3-5-14(12)19/h2-9,15-16H,10H2,1H3/t15-,16-/m1/s1. The largest absolute Gasteiger partial charge is 0.271 e. The highest BCUT2D eigenvalue weighted by atomic mass is 19.1. The molecule has 1 fully saturated rings. The van der Waals surface area contributed by atoms with E-state index in [0.29, 0.717) is 11.3 Å². The molecule has 2 aromatic rings. The van der Waals surface area contributed by atoms with Crippen LogP contribution in [0.4, 0.5) is 10.1 Å². The fraction of sp³-hybridized carbons (Fsp3) is 0.222. The number of halogens is 1. The van der Waals surface area contributed by atoms with Gasteiger partial charge < -0.3 is 0 Å². The van der Waals surface area contributed by atoms with Crippen LogP contribution in [-0.4, -0.2) is 28.9 Å². The predicted molar refractivity (Wildman–Crippen MR) is 88.0 cm³/mol. The summed E-state index contributed by atoms with van der Waals surface area (Å²) in [6.45, 7) is 2.01. The molecule has 1 saturated heterocycles. The number of imide groups is 1. The first kappa shape index (κ1) is 15.4. The number of carbonyl (C=O) groups is 2. The summed E-state index contributed by atoms with van der Waals surface area (Å²) < 4.78 is 13.9. The molecule has 2 amide bonds. The van der Waals surface area contributed by atoms with Gasteiger partial charge in [-0.15, -0.1) is 0 Å². The molecular weight excluding hydrogens is 323 g/mol. The van der Waals surface area contributed by atoms with Crippen LogP contribution in [0.5, 0.6) is 0 Å². The molecule has 0 bridgehead atoms. The Labute approximate surface area is 143 Å². The molecule has 2 atom stereocenters. The Hall–Kier alpha value is -3.09. The van der Waals surface area contributed by atoms with Gasteiger partial charge in [0.2, 0.25) is 0 Å². The Morgan fingerprint density at radius 2 is 1.76 bits per heavy atom. The molecule has 0 spiro atoms. The molecular formula is C18H15FN4O2. The number of rotatable bonds is 3. The van der Waals surface area contributed by atoms with E-state index in [4.69, 9.17) is 0 Å². The first-order chi connectivity index (χ1) is 12.1. The second-order valence-corrected chi connectivity index (χ2v) is 6.13. The van der Waals surface area contributed by atoms with Crippen molar-refractivity contribution in [3.8, 4) is 0 Å². The van der Waals surface area contributed by atoms with Crippen LogP contribution in [0.3, 0.4) is 0 Å². The summed E-state index contributed by atoms with van der Waals surface area (Å²) in [5.41, 5.74) is 1.94. The highest BCUT2D eigenvalue weighted by Crippen LogP contribution is 2.33. The molecule has 4 rings (SSSR count). The molecule has 0 saturated carbocycles. The van der Waals surface area contributed by atoms with Crippen LogP contribution in [0.1, 0.15) is 11.1 Å². The Bertz CT molecular complexity index is 881. The zero-order valence-corrected chi connectivity index (χ0v) is 13.5. The smallest absolute Gasteiger partial charge is 0.263 e. The van der Waals surface area contributed by atoms with E-state index >= 15 is 0 Å². The average molecular weight is 338 g/mol. The van der Waals surface area contributed by atoms with Crippen molar-refractivity contribution in [1.82, 2.24) is 5.01 Å². The lowest BCUT2D eigenvalue weighted by Gasteiger charge is -2.20. The van der Waals surface area contributed by atoms with Gasteiger partial charge in [-0.2, -0.15) is 5.11 Å². The molecule has 6 nitrogen and oxygen atoms in total.